The molecule has 0 fully saturated rings. The van der Waals surface area contributed by atoms with Gasteiger partial charge in [0.2, 0.25) is 0 Å². The lowest BCUT2D eigenvalue weighted by molar-refractivity contribution is 0.315. The zero-order valence-electron chi connectivity index (χ0n) is 13.1. The molecule has 2 aromatic carbocycles. The minimum atomic E-state index is 0.726. The Balaban J connectivity index is 1.75. The zero-order valence-corrected chi connectivity index (χ0v) is 13.1. The second-order valence-corrected chi connectivity index (χ2v) is 5.34. The van der Waals surface area contributed by atoms with Crippen molar-refractivity contribution in [3.05, 3.63) is 54.1 Å². The molecule has 0 unspecified atom stereocenters. The number of aryl methyl sites for hydroxylation is 1. The Hall–Kier alpha value is -2.16. The van der Waals surface area contributed by atoms with Crippen molar-refractivity contribution in [2.75, 3.05) is 37.5 Å². The van der Waals surface area contributed by atoms with Gasteiger partial charge < -0.3 is 15.0 Å². The number of para-hydroxylation sites is 1. The first-order valence-corrected chi connectivity index (χ1v) is 7.36. The average Bonchev–Trinajstić information content (AvgIpc) is 2.49. The number of nitrogens with one attached hydrogen (secondary N) is 1. The van der Waals surface area contributed by atoms with Crippen molar-refractivity contribution in [2.24, 2.45) is 0 Å². The molecule has 3 nitrogen and oxygen atoms in total. The Morgan fingerprint density at radius 1 is 1.05 bits per heavy atom. The second kappa shape index (κ2) is 7.58. The normalized spacial score (nSPS) is 10.2. The van der Waals surface area contributed by atoms with Crippen molar-refractivity contribution in [2.45, 2.75) is 13.3 Å². The first-order chi connectivity index (χ1) is 10.2. The van der Waals surface area contributed by atoms with Gasteiger partial charge in [0.1, 0.15) is 5.75 Å². The molecule has 0 saturated carbocycles. The average molecular weight is 284 g/mol. The van der Waals surface area contributed by atoms with E-state index < -0.39 is 0 Å². The van der Waals surface area contributed by atoms with Gasteiger partial charge in [0.05, 0.1) is 6.61 Å². The molecule has 0 bridgehead atoms. The van der Waals surface area contributed by atoms with Crippen LogP contribution in [-0.2, 0) is 0 Å². The van der Waals surface area contributed by atoms with Gasteiger partial charge in [0, 0.05) is 32.0 Å². The summed E-state index contributed by atoms with van der Waals surface area (Å²) in [7, 11) is 4.14. The summed E-state index contributed by atoms with van der Waals surface area (Å²) in [6, 6.07) is 16.4. The minimum Gasteiger partial charge on any atom is -0.494 e. The van der Waals surface area contributed by atoms with E-state index in [-0.39, 0.29) is 0 Å². The first-order valence-electron chi connectivity index (χ1n) is 7.36. The molecule has 0 heterocycles. The van der Waals surface area contributed by atoms with Gasteiger partial charge >= 0.3 is 0 Å². The number of benzene rings is 2. The van der Waals surface area contributed by atoms with E-state index in [2.05, 4.69) is 49.4 Å². The van der Waals surface area contributed by atoms with E-state index >= 15 is 0 Å². The highest BCUT2D eigenvalue weighted by molar-refractivity contribution is 5.61. The van der Waals surface area contributed by atoms with Gasteiger partial charge in [-0.25, -0.2) is 0 Å². The lowest BCUT2D eigenvalue weighted by atomic mass is 10.1. The van der Waals surface area contributed by atoms with Crippen LogP contribution < -0.4 is 15.0 Å². The quantitative estimate of drug-likeness (QED) is 0.779. The summed E-state index contributed by atoms with van der Waals surface area (Å²) in [4.78, 5) is 2.14. The summed E-state index contributed by atoms with van der Waals surface area (Å²) in [5.41, 5.74) is 3.70. The van der Waals surface area contributed by atoms with Crippen LogP contribution >= 0.6 is 0 Å². The lowest BCUT2D eigenvalue weighted by Crippen LogP contribution is -2.11. The highest BCUT2D eigenvalue weighted by Crippen LogP contribution is 2.22. The molecule has 2 aromatic rings. The van der Waals surface area contributed by atoms with Crippen LogP contribution in [0.5, 0.6) is 5.75 Å². The summed E-state index contributed by atoms with van der Waals surface area (Å²) in [5, 5.41) is 3.45. The molecule has 0 spiro atoms. The van der Waals surface area contributed by atoms with Crippen LogP contribution in [-0.4, -0.2) is 27.2 Å². The lowest BCUT2D eigenvalue weighted by Gasteiger charge is -2.17. The van der Waals surface area contributed by atoms with Crippen molar-refractivity contribution in [3.8, 4) is 5.75 Å². The number of anilines is 2. The fourth-order valence-corrected chi connectivity index (χ4v) is 2.21. The molecule has 1 N–H and O–H groups in total. The van der Waals surface area contributed by atoms with E-state index in [1.165, 1.54) is 11.3 Å². The Kier molecular flexibility index (Phi) is 5.50. The Labute approximate surface area is 127 Å². The summed E-state index contributed by atoms with van der Waals surface area (Å²) >= 11 is 0. The molecule has 0 aliphatic rings. The minimum absolute atomic E-state index is 0.726. The molecule has 0 atom stereocenters. The number of rotatable bonds is 7. The molecule has 0 aromatic heterocycles. The third-order valence-corrected chi connectivity index (χ3v) is 3.35. The fraction of sp³-hybridized carbons (Fsp3) is 0.333. The van der Waals surface area contributed by atoms with Crippen molar-refractivity contribution in [1.82, 2.24) is 0 Å². The molecular formula is C18H24N2O. The van der Waals surface area contributed by atoms with Gasteiger partial charge in [-0.1, -0.05) is 24.3 Å². The molecule has 21 heavy (non-hydrogen) atoms. The zero-order chi connectivity index (χ0) is 15.1. The van der Waals surface area contributed by atoms with E-state index in [9.17, 15) is 0 Å². The van der Waals surface area contributed by atoms with Gasteiger partial charge in [0.15, 0.2) is 0 Å². The largest absolute Gasteiger partial charge is 0.494 e. The predicted octanol–water partition coefficient (Wildman–Crippen LogP) is 3.94. The number of hydrogen-bond donors (Lipinski definition) is 1. The topological polar surface area (TPSA) is 24.5 Å². The SMILES string of the molecule is Cc1ccc(NCCCOc2ccccc2)cc1N(C)C. The monoisotopic (exact) mass is 284 g/mol. The van der Waals surface area contributed by atoms with Crippen molar-refractivity contribution in [1.29, 1.82) is 0 Å². The highest BCUT2D eigenvalue weighted by atomic mass is 16.5. The van der Waals surface area contributed by atoms with E-state index in [1.54, 1.807) is 0 Å². The number of nitrogens with zero attached hydrogens (tertiary/aromatic N) is 1. The maximum atomic E-state index is 5.68. The van der Waals surface area contributed by atoms with E-state index in [0.29, 0.717) is 0 Å². The van der Waals surface area contributed by atoms with Crippen LogP contribution in [0, 0.1) is 6.92 Å². The summed E-state index contributed by atoms with van der Waals surface area (Å²) < 4.78 is 5.68. The number of hydrogen-bond acceptors (Lipinski definition) is 3. The summed E-state index contributed by atoms with van der Waals surface area (Å²) in [6.45, 7) is 3.76. The van der Waals surface area contributed by atoms with Gasteiger partial charge in [-0.15, -0.1) is 0 Å². The molecule has 3 heteroatoms. The third-order valence-electron chi connectivity index (χ3n) is 3.35. The van der Waals surface area contributed by atoms with E-state index in [0.717, 1.165) is 31.0 Å². The molecule has 0 radical (unpaired) electrons. The van der Waals surface area contributed by atoms with Crippen LogP contribution in [0.25, 0.3) is 0 Å². The van der Waals surface area contributed by atoms with Crippen molar-refractivity contribution < 1.29 is 4.74 Å². The highest BCUT2D eigenvalue weighted by Gasteiger charge is 2.02. The Bertz CT molecular complexity index is 552. The van der Waals surface area contributed by atoms with Crippen LogP contribution in [0.4, 0.5) is 11.4 Å². The smallest absolute Gasteiger partial charge is 0.119 e. The maximum Gasteiger partial charge on any atom is 0.119 e. The van der Waals surface area contributed by atoms with Gasteiger partial charge in [0.25, 0.3) is 0 Å². The molecular weight excluding hydrogens is 260 g/mol. The molecule has 2 rings (SSSR count). The second-order valence-electron chi connectivity index (χ2n) is 5.34. The Morgan fingerprint density at radius 2 is 1.81 bits per heavy atom. The van der Waals surface area contributed by atoms with E-state index in [1.807, 2.05) is 30.3 Å². The Morgan fingerprint density at radius 3 is 2.52 bits per heavy atom. The number of ether oxygens (including phenoxy) is 1. The molecule has 0 amide bonds. The summed E-state index contributed by atoms with van der Waals surface area (Å²) in [5.74, 6) is 0.933. The molecule has 0 aliphatic heterocycles. The standard InChI is InChI=1S/C18H24N2O/c1-15-10-11-16(14-18(15)20(2)3)19-12-7-13-21-17-8-5-4-6-9-17/h4-6,8-11,14,19H,7,12-13H2,1-3H3. The van der Waals surface area contributed by atoms with Crippen molar-refractivity contribution in [3.63, 3.8) is 0 Å². The predicted molar refractivity (Wildman–Crippen MR) is 90.5 cm³/mol. The van der Waals surface area contributed by atoms with Gasteiger partial charge in [-0.05, 0) is 43.2 Å². The van der Waals surface area contributed by atoms with Crippen LogP contribution in [0.1, 0.15) is 12.0 Å². The van der Waals surface area contributed by atoms with Gasteiger partial charge in [-0.2, -0.15) is 0 Å². The first kappa shape index (κ1) is 15.2. The molecule has 0 saturated heterocycles. The molecule has 112 valence electrons. The summed E-state index contributed by atoms with van der Waals surface area (Å²) in [6.07, 6.45) is 0.972. The van der Waals surface area contributed by atoms with Crippen LogP contribution in [0.3, 0.4) is 0 Å². The van der Waals surface area contributed by atoms with Crippen LogP contribution in [0.15, 0.2) is 48.5 Å². The van der Waals surface area contributed by atoms with E-state index in [4.69, 9.17) is 4.74 Å². The van der Waals surface area contributed by atoms with Crippen molar-refractivity contribution >= 4 is 11.4 Å². The van der Waals surface area contributed by atoms with Crippen LogP contribution in [0.2, 0.25) is 0 Å². The fourth-order valence-electron chi connectivity index (χ4n) is 2.21. The van der Waals surface area contributed by atoms with Gasteiger partial charge in [-0.3, -0.25) is 0 Å². The molecule has 0 aliphatic carbocycles. The maximum absolute atomic E-state index is 5.68. The third kappa shape index (κ3) is 4.71.